The number of benzene rings is 2. The lowest BCUT2D eigenvalue weighted by molar-refractivity contribution is -0.114. The van der Waals surface area contributed by atoms with E-state index < -0.39 is 5.91 Å². The molecule has 0 saturated carbocycles. The zero-order valence-corrected chi connectivity index (χ0v) is 21.8. The number of hydrogen-bond acceptors (Lipinski definition) is 5. The van der Waals surface area contributed by atoms with Crippen LogP contribution in [0.1, 0.15) is 35.7 Å². The fraction of sp³-hybridized carbons (Fsp3) is 0.172. The summed E-state index contributed by atoms with van der Waals surface area (Å²) in [6, 6.07) is 12.5. The van der Waals surface area contributed by atoms with E-state index in [2.05, 4.69) is 18.3 Å². The number of nitrogens with zero attached hydrogens (tertiary/aromatic N) is 4. The number of para-hydroxylation sites is 1. The molecule has 1 heterocycles. The minimum absolute atomic E-state index is 0.263. The molecule has 0 bridgehead atoms. The second-order valence-corrected chi connectivity index (χ2v) is 8.67. The van der Waals surface area contributed by atoms with Crippen molar-refractivity contribution < 1.29 is 9.59 Å². The van der Waals surface area contributed by atoms with Gasteiger partial charge < -0.3 is 10.6 Å². The number of halogens is 1. The van der Waals surface area contributed by atoms with Gasteiger partial charge in [-0.15, -0.1) is 0 Å². The number of nitrogens with two attached hydrogens (primary N) is 1. The summed E-state index contributed by atoms with van der Waals surface area (Å²) in [6.07, 6.45) is 9.97. The highest BCUT2D eigenvalue weighted by Gasteiger charge is 2.24. The molecule has 2 amide bonds. The van der Waals surface area contributed by atoms with Crippen molar-refractivity contribution in [2.75, 3.05) is 16.5 Å². The van der Waals surface area contributed by atoms with Crippen LogP contribution in [0.4, 0.5) is 17.1 Å². The molecular weight excluding hydrogens is 486 g/mol. The Labute approximate surface area is 222 Å². The van der Waals surface area contributed by atoms with Gasteiger partial charge >= 0.3 is 0 Å². The van der Waals surface area contributed by atoms with Crippen LogP contribution >= 0.6 is 11.6 Å². The van der Waals surface area contributed by atoms with Gasteiger partial charge in [0.05, 0.1) is 23.6 Å². The van der Waals surface area contributed by atoms with Gasteiger partial charge in [-0.3, -0.25) is 14.6 Å². The first-order valence-corrected chi connectivity index (χ1v) is 12.2. The van der Waals surface area contributed by atoms with Crippen LogP contribution in [-0.4, -0.2) is 30.9 Å². The Morgan fingerprint density at radius 2 is 2.05 bits per heavy atom. The zero-order chi connectivity index (χ0) is 26.9. The number of carbonyl (C=O) groups excluding carboxylic acids is 2. The van der Waals surface area contributed by atoms with Gasteiger partial charge in [0.15, 0.2) is 0 Å². The Morgan fingerprint density at radius 3 is 2.70 bits per heavy atom. The number of rotatable bonds is 9. The van der Waals surface area contributed by atoms with Crippen LogP contribution in [0, 0.1) is 6.92 Å². The van der Waals surface area contributed by atoms with E-state index in [1.165, 1.54) is 11.1 Å². The molecule has 0 saturated heterocycles. The van der Waals surface area contributed by atoms with Gasteiger partial charge in [0.1, 0.15) is 5.84 Å². The highest BCUT2D eigenvalue weighted by molar-refractivity contribution is 6.31. The minimum Gasteiger partial charge on any atom is -0.366 e. The van der Waals surface area contributed by atoms with Crippen LogP contribution in [0.3, 0.4) is 0 Å². The van der Waals surface area contributed by atoms with Gasteiger partial charge in [0.25, 0.3) is 5.91 Å². The molecule has 1 aliphatic heterocycles. The van der Waals surface area contributed by atoms with Gasteiger partial charge in [-0.05, 0) is 55.5 Å². The molecule has 190 valence electrons. The average molecular weight is 516 g/mol. The number of primary amides is 1. The standard InChI is InChI=1S/C29H30ClN5O2/c1-5-7-12-22(23(30)6-2)19-34(26-17-16-21(29(31)37)18-24(26)32-4)27-14-10-15-28(36)35(33-27)25-13-9-8-11-20(25)3/h6-13,15-18H,2,4-5,14,19H2,1,3H3,(H2,31,37)/b12-7-,23-22-. The van der Waals surface area contributed by atoms with Crippen molar-refractivity contribution >= 4 is 53.0 Å². The van der Waals surface area contributed by atoms with Crippen molar-refractivity contribution in [2.45, 2.75) is 26.7 Å². The summed E-state index contributed by atoms with van der Waals surface area (Å²) in [7, 11) is 0. The van der Waals surface area contributed by atoms with Crippen LogP contribution in [0.5, 0.6) is 0 Å². The molecule has 0 spiro atoms. The van der Waals surface area contributed by atoms with Gasteiger partial charge in [0.2, 0.25) is 5.91 Å². The Morgan fingerprint density at radius 1 is 1.30 bits per heavy atom. The number of hydrogen-bond donors (Lipinski definition) is 1. The fourth-order valence-corrected chi connectivity index (χ4v) is 3.92. The average Bonchev–Trinajstić information content (AvgIpc) is 3.09. The maximum absolute atomic E-state index is 13.0. The first kappa shape index (κ1) is 27.4. The second-order valence-electron chi connectivity index (χ2n) is 8.26. The molecule has 0 aromatic heterocycles. The predicted molar refractivity (Wildman–Crippen MR) is 154 cm³/mol. The molecule has 3 rings (SSSR count). The molecule has 37 heavy (non-hydrogen) atoms. The number of anilines is 2. The Bertz CT molecular complexity index is 1340. The summed E-state index contributed by atoms with van der Waals surface area (Å²) >= 11 is 6.55. The Hall–Kier alpha value is -4.23. The largest absolute Gasteiger partial charge is 0.366 e. The Kier molecular flexibility index (Phi) is 9.35. The number of aliphatic imine (C=N–C) groups is 1. The quantitative estimate of drug-likeness (QED) is 0.319. The third-order valence-electron chi connectivity index (χ3n) is 5.73. The second kappa shape index (κ2) is 12.6. The fourth-order valence-electron chi connectivity index (χ4n) is 3.80. The third-order valence-corrected chi connectivity index (χ3v) is 6.13. The molecule has 2 N–H and O–H groups in total. The molecule has 1 aliphatic rings. The summed E-state index contributed by atoms with van der Waals surface area (Å²) in [5.74, 6) is -0.269. The van der Waals surface area contributed by atoms with Crippen molar-refractivity contribution in [3.05, 3.63) is 101 Å². The highest BCUT2D eigenvalue weighted by atomic mass is 35.5. The summed E-state index contributed by atoms with van der Waals surface area (Å²) < 4.78 is 0. The number of carbonyl (C=O) groups is 2. The van der Waals surface area contributed by atoms with Crippen molar-refractivity contribution in [1.29, 1.82) is 0 Å². The van der Waals surface area contributed by atoms with Gasteiger partial charge in [0, 0.05) is 23.1 Å². The van der Waals surface area contributed by atoms with E-state index in [1.807, 2.05) is 55.2 Å². The topological polar surface area (TPSA) is 91.4 Å². The van der Waals surface area contributed by atoms with Gasteiger partial charge in [-0.25, -0.2) is 0 Å². The van der Waals surface area contributed by atoms with E-state index in [1.54, 1.807) is 30.4 Å². The molecule has 0 fully saturated rings. The molecule has 0 atom stereocenters. The molecule has 0 radical (unpaired) electrons. The third kappa shape index (κ3) is 6.51. The summed E-state index contributed by atoms with van der Waals surface area (Å²) in [6.45, 7) is 11.8. The van der Waals surface area contributed by atoms with Crippen LogP contribution in [0.15, 0.2) is 100 Å². The van der Waals surface area contributed by atoms with Crippen molar-refractivity contribution in [1.82, 2.24) is 0 Å². The van der Waals surface area contributed by atoms with Crippen LogP contribution in [0.2, 0.25) is 0 Å². The van der Waals surface area contributed by atoms with E-state index in [0.29, 0.717) is 46.5 Å². The molecule has 2 aromatic carbocycles. The summed E-state index contributed by atoms with van der Waals surface area (Å²) in [4.78, 5) is 30.9. The van der Waals surface area contributed by atoms with Crippen LogP contribution in [-0.2, 0) is 4.79 Å². The molecular formula is C29H30ClN5O2. The lowest BCUT2D eigenvalue weighted by atomic mass is 10.1. The maximum atomic E-state index is 13.0. The lowest BCUT2D eigenvalue weighted by Gasteiger charge is -2.29. The lowest BCUT2D eigenvalue weighted by Crippen LogP contribution is -2.35. The maximum Gasteiger partial charge on any atom is 0.271 e. The smallest absolute Gasteiger partial charge is 0.271 e. The minimum atomic E-state index is -0.574. The van der Waals surface area contributed by atoms with Crippen molar-refractivity contribution in [2.24, 2.45) is 15.8 Å². The molecule has 0 unspecified atom stereocenters. The zero-order valence-electron chi connectivity index (χ0n) is 21.0. The summed E-state index contributed by atoms with van der Waals surface area (Å²) in [5.41, 5.74) is 9.23. The molecule has 0 aliphatic carbocycles. The number of allylic oxidation sites excluding steroid dienone is 3. The van der Waals surface area contributed by atoms with Crippen molar-refractivity contribution in [3.63, 3.8) is 0 Å². The monoisotopic (exact) mass is 515 g/mol. The van der Waals surface area contributed by atoms with E-state index in [9.17, 15) is 9.59 Å². The molecule has 8 heteroatoms. The number of hydrazone groups is 1. The van der Waals surface area contributed by atoms with Gasteiger partial charge in [-0.1, -0.05) is 67.6 Å². The summed E-state index contributed by atoms with van der Waals surface area (Å²) in [5, 5.41) is 6.68. The first-order valence-electron chi connectivity index (χ1n) is 11.8. The SMILES string of the molecule is C=C/C(Cl)=C(\C=C/CC)CN(C1=NN(c2ccccc2C)C(=O)C=CC1)c1ccc(C(N)=O)cc1N=C. The Balaban J connectivity index is 2.24. The predicted octanol–water partition coefficient (Wildman–Crippen LogP) is 6.18. The van der Waals surface area contributed by atoms with E-state index in [4.69, 9.17) is 22.4 Å². The number of amides is 2. The highest BCUT2D eigenvalue weighted by Crippen LogP contribution is 2.33. The van der Waals surface area contributed by atoms with E-state index in [0.717, 1.165) is 17.6 Å². The molecule has 2 aromatic rings. The first-order chi connectivity index (χ1) is 17.8. The van der Waals surface area contributed by atoms with Gasteiger partial charge in [-0.2, -0.15) is 10.1 Å². The normalized spacial score (nSPS) is 14.2. The number of amidine groups is 1. The van der Waals surface area contributed by atoms with Crippen molar-refractivity contribution in [3.8, 4) is 0 Å². The van der Waals surface area contributed by atoms with E-state index >= 15 is 0 Å². The molecule has 7 nitrogen and oxygen atoms in total. The van der Waals surface area contributed by atoms with Crippen LogP contribution in [0.25, 0.3) is 0 Å². The van der Waals surface area contributed by atoms with Crippen LogP contribution < -0.4 is 15.6 Å². The van der Waals surface area contributed by atoms with E-state index in [-0.39, 0.29) is 5.91 Å². The number of aryl methyl sites for hydroxylation is 1.